The van der Waals surface area contributed by atoms with Gasteiger partial charge in [-0.15, -0.1) is 0 Å². The highest BCUT2D eigenvalue weighted by Crippen LogP contribution is 2.21. The minimum absolute atomic E-state index is 0.0353. The van der Waals surface area contributed by atoms with E-state index in [-0.39, 0.29) is 16.9 Å². The molecule has 2 N–H and O–H groups in total. The fourth-order valence-corrected chi connectivity index (χ4v) is 3.48. The monoisotopic (exact) mass is 390 g/mol. The smallest absolute Gasteiger partial charge is 0.261 e. The van der Waals surface area contributed by atoms with Crippen LogP contribution in [0.5, 0.6) is 5.75 Å². The van der Waals surface area contributed by atoms with Gasteiger partial charge in [-0.2, -0.15) is 0 Å². The summed E-state index contributed by atoms with van der Waals surface area (Å²) in [5.41, 5.74) is 0.735. The first-order chi connectivity index (χ1) is 12.8. The van der Waals surface area contributed by atoms with E-state index >= 15 is 0 Å². The SMILES string of the molecule is CCCCNC(=O)c1cccc(S(=O)(=O)Nc2ccc(OC(C)C)cc2)c1. The Morgan fingerprint density at radius 1 is 1.11 bits per heavy atom. The maximum atomic E-state index is 12.6. The van der Waals surface area contributed by atoms with Crippen LogP contribution in [0.1, 0.15) is 44.0 Å². The molecule has 7 heteroatoms. The van der Waals surface area contributed by atoms with Crippen molar-refractivity contribution in [2.45, 2.75) is 44.6 Å². The van der Waals surface area contributed by atoms with Crippen LogP contribution in [0, 0.1) is 0 Å². The Balaban J connectivity index is 2.12. The molecule has 0 aromatic heterocycles. The van der Waals surface area contributed by atoms with Crippen molar-refractivity contribution in [2.75, 3.05) is 11.3 Å². The molecule has 0 aliphatic carbocycles. The maximum absolute atomic E-state index is 12.6. The Morgan fingerprint density at radius 3 is 2.44 bits per heavy atom. The Morgan fingerprint density at radius 2 is 1.81 bits per heavy atom. The first kappa shape index (κ1) is 20.8. The van der Waals surface area contributed by atoms with E-state index in [9.17, 15) is 13.2 Å². The molecule has 2 aromatic rings. The third kappa shape index (κ3) is 6.29. The molecule has 0 spiro atoms. The second kappa shape index (κ2) is 9.41. The van der Waals surface area contributed by atoms with Gasteiger partial charge >= 0.3 is 0 Å². The molecule has 0 aliphatic heterocycles. The van der Waals surface area contributed by atoms with Crippen molar-refractivity contribution in [3.8, 4) is 5.75 Å². The summed E-state index contributed by atoms with van der Waals surface area (Å²) in [5.74, 6) is 0.384. The molecule has 0 saturated heterocycles. The van der Waals surface area contributed by atoms with Crippen LogP contribution in [0.4, 0.5) is 5.69 Å². The molecule has 0 aliphatic rings. The normalized spacial score (nSPS) is 11.3. The lowest BCUT2D eigenvalue weighted by Crippen LogP contribution is -2.24. The van der Waals surface area contributed by atoms with Crippen molar-refractivity contribution >= 4 is 21.6 Å². The number of carbonyl (C=O) groups excluding carboxylic acids is 1. The topological polar surface area (TPSA) is 84.5 Å². The molecule has 0 bridgehead atoms. The van der Waals surface area contributed by atoms with Gasteiger partial charge in [-0.05, 0) is 62.7 Å². The van der Waals surface area contributed by atoms with Crippen molar-refractivity contribution in [1.82, 2.24) is 5.32 Å². The zero-order valence-corrected chi connectivity index (χ0v) is 16.7. The lowest BCUT2D eigenvalue weighted by Gasteiger charge is -2.12. The summed E-state index contributed by atoms with van der Waals surface area (Å²) >= 11 is 0. The predicted molar refractivity (Wildman–Crippen MR) is 107 cm³/mol. The first-order valence-electron chi connectivity index (χ1n) is 8.99. The average Bonchev–Trinajstić information content (AvgIpc) is 2.63. The molecule has 0 atom stereocenters. The highest BCUT2D eigenvalue weighted by atomic mass is 32.2. The average molecular weight is 391 g/mol. The van der Waals surface area contributed by atoms with Gasteiger partial charge in [0.25, 0.3) is 15.9 Å². The summed E-state index contributed by atoms with van der Waals surface area (Å²) in [6, 6.07) is 12.7. The highest BCUT2D eigenvalue weighted by molar-refractivity contribution is 7.92. The number of hydrogen-bond acceptors (Lipinski definition) is 4. The fraction of sp³-hybridized carbons (Fsp3) is 0.350. The van der Waals surface area contributed by atoms with E-state index in [1.54, 1.807) is 36.4 Å². The van der Waals surface area contributed by atoms with Crippen LogP contribution in [-0.4, -0.2) is 27.0 Å². The van der Waals surface area contributed by atoms with E-state index in [0.717, 1.165) is 12.8 Å². The number of sulfonamides is 1. The largest absolute Gasteiger partial charge is 0.491 e. The Kier molecular flexibility index (Phi) is 7.24. The molecular formula is C20H26N2O4S. The van der Waals surface area contributed by atoms with Gasteiger partial charge in [-0.25, -0.2) is 8.42 Å². The van der Waals surface area contributed by atoms with Crippen LogP contribution in [0.2, 0.25) is 0 Å². The summed E-state index contributed by atoms with van der Waals surface area (Å²) in [4.78, 5) is 12.2. The number of hydrogen-bond donors (Lipinski definition) is 2. The second-order valence-electron chi connectivity index (χ2n) is 6.43. The molecule has 2 rings (SSSR count). The van der Waals surface area contributed by atoms with Crippen molar-refractivity contribution in [3.05, 3.63) is 54.1 Å². The minimum Gasteiger partial charge on any atom is -0.491 e. The minimum atomic E-state index is -3.80. The van der Waals surface area contributed by atoms with Crippen molar-refractivity contribution in [2.24, 2.45) is 0 Å². The van der Waals surface area contributed by atoms with Crippen molar-refractivity contribution < 1.29 is 17.9 Å². The maximum Gasteiger partial charge on any atom is 0.261 e. The Bertz CT molecular complexity index is 862. The van der Waals surface area contributed by atoms with Crippen LogP contribution >= 0.6 is 0 Å². The fourth-order valence-electron chi connectivity index (χ4n) is 2.37. The van der Waals surface area contributed by atoms with Gasteiger partial charge in [0, 0.05) is 17.8 Å². The van der Waals surface area contributed by atoms with Crippen LogP contribution in [0.3, 0.4) is 0 Å². The second-order valence-corrected chi connectivity index (χ2v) is 8.12. The number of rotatable bonds is 9. The van der Waals surface area contributed by atoms with E-state index < -0.39 is 10.0 Å². The number of amides is 1. The van der Waals surface area contributed by atoms with Crippen molar-refractivity contribution in [1.29, 1.82) is 0 Å². The van der Waals surface area contributed by atoms with Gasteiger partial charge in [0.15, 0.2) is 0 Å². The van der Waals surface area contributed by atoms with Crippen LogP contribution in [0.25, 0.3) is 0 Å². The van der Waals surface area contributed by atoms with Gasteiger partial charge in [-0.1, -0.05) is 19.4 Å². The van der Waals surface area contributed by atoms with Crippen LogP contribution in [0.15, 0.2) is 53.4 Å². The zero-order valence-electron chi connectivity index (χ0n) is 15.9. The molecule has 1 amide bonds. The number of unbranched alkanes of at least 4 members (excludes halogenated alkanes) is 1. The number of anilines is 1. The Labute approximate surface area is 161 Å². The molecule has 0 fully saturated rings. The standard InChI is InChI=1S/C20H26N2O4S/c1-4-5-13-21-20(23)16-7-6-8-19(14-16)27(24,25)22-17-9-11-18(12-10-17)26-15(2)3/h6-12,14-15,22H,4-5,13H2,1-3H3,(H,21,23). The van der Waals surface area contributed by atoms with Gasteiger partial charge < -0.3 is 10.1 Å². The molecule has 0 unspecified atom stereocenters. The first-order valence-corrected chi connectivity index (χ1v) is 10.5. The summed E-state index contributed by atoms with van der Waals surface area (Å²) < 4.78 is 33.3. The number of ether oxygens (including phenoxy) is 1. The molecule has 6 nitrogen and oxygen atoms in total. The summed E-state index contributed by atoms with van der Waals surface area (Å²) in [6.45, 7) is 6.44. The lowest BCUT2D eigenvalue weighted by atomic mass is 10.2. The van der Waals surface area contributed by atoms with E-state index in [1.165, 1.54) is 12.1 Å². The quantitative estimate of drug-likeness (QED) is 0.638. The number of nitrogens with one attached hydrogen (secondary N) is 2. The zero-order chi connectivity index (χ0) is 19.9. The summed E-state index contributed by atoms with van der Waals surface area (Å²) in [7, 11) is -3.80. The summed E-state index contributed by atoms with van der Waals surface area (Å²) in [6.07, 6.45) is 1.89. The molecule has 0 radical (unpaired) electrons. The van der Waals surface area contributed by atoms with Crippen LogP contribution in [-0.2, 0) is 10.0 Å². The predicted octanol–water partition coefficient (Wildman–Crippen LogP) is 3.80. The van der Waals surface area contributed by atoms with E-state index in [2.05, 4.69) is 10.0 Å². The van der Waals surface area contributed by atoms with E-state index in [1.807, 2.05) is 20.8 Å². The number of benzene rings is 2. The Hall–Kier alpha value is -2.54. The third-order valence-corrected chi connectivity index (χ3v) is 5.08. The number of carbonyl (C=O) groups is 1. The lowest BCUT2D eigenvalue weighted by molar-refractivity contribution is 0.0953. The van der Waals surface area contributed by atoms with Crippen LogP contribution < -0.4 is 14.8 Å². The van der Waals surface area contributed by atoms with E-state index in [0.29, 0.717) is 23.5 Å². The van der Waals surface area contributed by atoms with Gasteiger partial charge in [0.1, 0.15) is 5.75 Å². The molecule has 0 heterocycles. The van der Waals surface area contributed by atoms with Gasteiger partial charge in [-0.3, -0.25) is 9.52 Å². The third-order valence-electron chi connectivity index (χ3n) is 3.70. The van der Waals surface area contributed by atoms with Crippen molar-refractivity contribution in [3.63, 3.8) is 0 Å². The van der Waals surface area contributed by atoms with Gasteiger partial charge in [0.2, 0.25) is 0 Å². The molecule has 0 saturated carbocycles. The molecule has 27 heavy (non-hydrogen) atoms. The molecule has 146 valence electrons. The molecular weight excluding hydrogens is 364 g/mol. The highest BCUT2D eigenvalue weighted by Gasteiger charge is 2.16. The summed E-state index contributed by atoms with van der Waals surface area (Å²) in [5, 5.41) is 2.78. The van der Waals surface area contributed by atoms with E-state index in [4.69, 9.17) is 4.74 Å². The molecule has 2 aromatic carbocycles. The van der Waals surface area contributed by atoms with Gasteiger partial charge in [0.05, 0.1) is 11.0 Å².